The summed E-state index contributed by atoms with van der Waals surface area (Å²) >= 11 is 0. The molecule has 0 saturated carbocycles. The van der Waals surface area contributed by atoms with E-state index in [2.05, 4.69) is 0 Å². The summed E-state index contributed by atoms with van der Waals surface area (Å²) in [6, 6.07) is 15.4. The van der Waals surface area contributed by atoms with Gasteiger partial charge in [-0.3, -0.25) is 24.1 Å². The van der Waals surface area contributed by atoms with Gasteiger partial charge in [-0.25, -0.2) is 0 Å². The summed E-state index contributed by atoms with van der Waals surface area (Å²) in [4.78, 5) is 51.6. The molecule has 2 amide bonds. The Kier molecular flexibility index (Phi) is 6.58. The van der Waals surface area contributed by atoms with Crippen molar-refractivity contribution in [2.45, 2.75) is 12.8 Å². The Morgan fingerprint density at radius 3 is 2.18 bits per heavy atom. The first-order valence-electron chi connectivity index (χ1n) is 10.7. The van der Waals surface area contributed by atoms with E-state index in [1.807, 2.05) is 12.1 Å². The minimum Gasteiger partial charge on any atom is -0.497 e. The number of Topliss-reactive ketones (excluding diaryl/α,β-unsaturated/α-hetero) is 1. The van der Waals surface area contributed by atoms with Gasteiger partial charge in [0, 0.05) is 35.5 Å². The number of amides is 2. The Labute approximate surface area is 196 Å². The number of benzene rings is 3. The predicted molar refractivity (Wildman–Crippen MR) is 123 cm³/mol. The maximum absolute atomic E-state index is 12.9. The highest BCUT2D eigenvalue weighted by molar-refractivity contribution is 6.25. The molecule has 0 bridgehead atoms. The fourth-order valence-corrected chi connectivity index (χ4v) is 3.99. The van der Waals surface area contributed by atoms with Crippen molar-refractivity contribution in [3.63, 3.8) is 0 Å². The average Bonchev–Trinajstić information content (AvgIpc) is 2.87. The van der Waals surface area contributed by atoms with E-state index in [1.165, 1.54) is 14.2 Å². The fraction of sp³-hybridized carbons (Fsp3) is 0.231. The van der Waals surface area contributed by atoms with E-state index in [0.29, 0.717) is 28.0 Å². The molecule has 0 saturated heterocycles. The summed E-state index contributed by atoms with van der Waals surface area (Å²) in [5, 5.41) is 1.49. The average molecular weight is 461 g/mol. The molecule has 0 N–H and O–H groups in total. The molecule has 0 radical (unpaired) electrons. The molecule has 34 heavy (non-hydrogen) atoms. The molecule has 3 aromatic carbocycles. The molecule has 8 heteroatoms. The molecule has 0 unspecified atom stereocenters. The summed E-state index contributed by atoms with van der Waals surface area (Å²) in [6.07, 6.45) is 0.171. The van der Waals surface area contributed by atoms with Crippen molar-refractivity contribution in [1.82, 2.24) is 4.90 Å². The first-order chi connectivity index (χ1) is 16.4. The van der Waals surface area contributed by atoms with Crippen LogP contribution in [0.4, 0.5) is 0 Å². The Morgan fingerprint density at radius 1 is 0.882 bits per heavy atom. The molecule has 174 valence electrons. The zero-order chi connectivity index (χ0) is 24.2. The van der Waals surface area contributed by atoms with E-state index < -0.39 is 18.4 Å². The molecule has 0 atom stereocenters. The van der Waals surface area contributed by atoms with Gasteiger partial charge in [-0.15, -0.1) is 0 Å². The van der Waals surface area contributed by atoms with Gasteiger partial charge in [-0.2, -0.15) is 0 Å². The number of esters is 1. The van der Waals surface area contributed by atoms with Crippen molar-refractivity contribution in [2.24, 2.45) is 0 Å². The van der Waals surface area contributed by atoms with Gasteiger partial charge in [0.25, 0.3) is 11.8 Å². The molecule has 8 nitrogen and oxygen atoms in total. The molecule has 3 aromatic rings. The first-order valence-corrected chi connectivity index (χ1v) is 10.7. The highest BCUT2D eigenvalue weighted by atomic mass is 16.5. The molecule has 0 spiro atoms. The van der Waals surface area contributed by atoms with Crippen LogP contribution in [0, 0.1) is 0 Å². The quantitative estimate of drug-likeness (QED) is 0.272. The van der Waals surface area contributed by atoms with Crippen molar-refractivity contribution in [3.05, 3.63) is 71.3 Å². The van der Waals surface area contributed by atoms with Crippen molar-refractivity contribution in [1.29, 1.82) is 0 Å². The van der Waals surface area contributed by atoms with Crippen LogP contribution in [0.15, 0.2) is 54.6 Å². The van der Waals surface area contributed by atoms with Gasteiger partial charge in [0.05, 0.1) is 19.8 Å². The number of nitrogens with zero attached hydrogens (tertiary/aromatic N) is 1. The van der Waals surface area contributed by atoms with Crippen LogP contribution < -0.4 is 9.47 Å². The minimum absolute atomic E-state index is 0.0457. The zero-order valence-corrected chi connectivity index (χ0v) is 18.8. The smallest absolute Gasteiger partial charge is 0.306 e. The van der Waals surface area contributed by atoms with Crippen LogP contribution in [0.1, 0.15) is 43.9 Å². The first kappa shape index (κ1) is 23.0. The molecule has 0 fully saturated rings. The maximum atomic E-state index is 12.9. The Balaban J connectivity index is 1.33. The van der Waals surface area contributed by atoms with Crippen molar-refractivity contribution >= 4 is 34.3 Å². The number of rotatable bonds is 9. The van der Waals surface area contributed by atoms with E-state index in [-0.39, 0.29) is 36.8 Å². The van der Waals surface area contributed by atoms with Crippen LogP contribution in [-0.4, -0.2) is 55.8 Å². The summed E-state index contributed by atoms with van der Waals surface area (Å²) in [7, 11) is 2.93. The number of ether oxygens (including phenoxy) is 3. The lowest BCUT2D eigenvalue weighted by Crippen LogP contribution is -2.41. The van der Waals surface area contributed by atoms with Crippen LogP contribution in [0.25, 0.3) is 10.8 Å². The van der Waals surface area contributed by atoms with E-state index in [0.717, 1.165) is 10.3 Å². The van der Waals surface area contributed by atoms with E-state index in [1.54, 1.807) is 42.5 Å². The van der Waals surface area contributed by atoms with Crippen molar-refractivity contribution < 1.29 is 33.4 Å². The SMILES string of the molecule is COc1ccc(C(=O)COC(=O)CCCN2C(=O)c3cccc4cccc(c34)C2=O)c(OC)c1. The predicted octanol–water partition coefficient (Wildman–Crippen LogP) is 3.66. The van der Waals surface area contributed by atoms with Gasteiger partial charge in [0.15, 0.2) is 6.61 Å². The number of imide groups is 1. The van der Waals surface area contributed by atoms with Crippen molar-refractivity contribution in [2.75, 3.05) is 27.4 Å². The van der Waals surface area contributed by atoms with Crippen molar-refractivity contribution in [3.8, 4) is 11.5 Å². The maximum Gasteiger partial charge on any atom is 0.306 e. The largest absolute Gasteiger partial charge is 0.497 e. The lowest BCUT2D eigenvalue weighted by Gasteiger charge is -2.27. The standard InChI is InChI=1S/C26H23NO7/c1-32-17-11-12-18(22(14-17)33-2)21(28)15-34-23(29)10-5-13-27-25(30)19-8-3-6-16-7-4-9-20(24(16)19)26(27)31/h3-4,6-9,11-12,14H,5,10,13,15H2,1-2H3. The molecule has 1 aliphatic heterocycles. The molecular weight excluding hydrogens is 438 g/mol. The Bertz CT molecular complexity index is 1250. The Morgan fingerprint density at radius 2 is 1.56 bits per heavy atom. The minimum atomic E-state index is -0.597. The van der Waals surface area contributed by atoms with E-state index >= 15 is 0 Å². The third-order valence-corrected chi connectivity index (χ3v) is 5.69. The normalized spacial score (nSPS) is 12.6. The highest BCUT2D eigenvalue weighted by Gasteiger charge is 2.32. The van der Waals surface area contributed by atoms with Gasteiger partial charge in [0.2, 0.25) is 5.78 Å². The van der Waals surface area contributed by atoms with Gasteiger partial charge >= 0.3 is 5.97 Å². The number of methoxy groups -OCH3 is 2. The summed E-state index contributed by atoms with van der Waals surface area (Å²) in [6.45, 7) is -0.379. The van der Waals surface area contributed by atoms with Gasteiger partial charge in [-0.1, -0.05) is 24.3 Å². The number of ketones is 1. The van der Waals surface area contributed by atoms with Gasteiger partial charge in [0.1, 0.15) is 11.5 Å². The fourth-order valence-electron chi connectivity index (χ4n) is 3.99. The number of carbonyl (C=O) groups excluding carboxylic acids is 4. The summed E-state index contributed by atoms with van der Waals surface area (Å²) in [5.41, 5.74) is 1.21. The summed E-state index contributed by atoms with van der Waals surface area (Å²) < 4.78 is 15.4. The number of hydrogen-bond acceptors (Lipinski definition) is 7. The number of hydrogen-bond donors (Lipinski definition) is 0. The molecule has 0 aliphatic carbocycles. The van der Waals surface area contributed by atoms with E-state index in [9.17, 15) is 19.2 Å². The third-order valence-electron chi connectivity index (χ3n) is 5.69. The molecule has 1 aliphatic rings. The van der Waals surface area contributed by atoms with E-state index in [4.69, 9.17) is 14.2 Å². The molecular formula is C26H23NO7. The molecule has 1 heterocycles. The van der Waals surface area contributed by atoms with Crippen LogP contribution in [0.2, 0.25) is 0 Å². The monoisotopic (exact) mass is 461 g/mol. The zero-order valence-electron chi connectivity index (χ0n) is 18.8. The highest BCUT2D eigenvalue weighted by Crippen LogP contribution is 2.30. The van der Waals surface area contributed by atoms with Gasteiger partial charge < -0.3 is 14.2 Å². The second-order valence-corrected chi connectivity index (χ2v) is 7.72. The summed E-state index contributed by atoms with van der Waals surface area (Å²) in [5.74, 6) is -0.933. The van der Waals surface area contributed by atoms with Crippen LogP contribution in [-0.2, 0) is 9.53 Å². The van der Waals surface area contributed by atoms with Gasteiger partial charge in [-0.05, 0) is 36.1 Å². The van der Waals surface area contributed by atoms with Crippen LogP contribution in [0.3, 0.4) is 0 Å². The lowest BCUT2D eigenvalue weighted by molar-refractivity contribution is -0.142. The topological polar surface area (TPSA) is 99.2 Å². The second-order valence-electron chi connectivity index (χ2n) is 7.72. The third kappa shape index (κ3) is 4.34. The second kappa shape index (κ2) is 9.74. The Hall–Kier alpha value is -4.20. The number of carbonyl (C=O) groups is 4. The molecule has 4 rings (SSSR count). The van der Waals surface area contributed by atoms with Crippen LogP contribution >= 0.6 is 0 Å². The lowest BCUT2D eigenvalue weighted by atomic mass is 9.94. The van der Waals surface area contributed by atoms with Crippen LogP contribution in [0.5, 0.6) is 11.5 Å². The molecule has 0 aromatic heterocycles.